The largest absolute Gasteiger partial charge is 0.480 e. The normalized spacial score (nSPS) is 14.9. The lowest BCUT2D eigenvalue weighted by molar-refractivity contribution is -0.384. The number of likely N-dealkylation sites (N-methyl/N-ethyl adjacent to an activating group) is 1. The summed E-state index contributed by atoms with van der Waals surface area (Å²) in [4.78, 5) is 76.1. The van der Waals surface area contributed by atoms with Gasteiger partial charge in [-0.3, -0.25) is 44.3 Å². The summed E-state index contributed by atoms with van der Waals surface area (Å²) in [6.45, 7) is 3.40. The van der Waals surface area contributed by atoms with Gasteiger partial charge in [0.2, 0.25) is 11.8 Å². The number of non-ortho nitro benzene ring substituents is 1. The highest BCUT2D eigenvalue weighted by Gasteiger charge is 2.38. The van der Waals surface area contributed by atoms with Gasteiger partial charge in [0.05, 0.1) is 22.1 Å². The molecular weight excluding hydrogens is 534 g/mol. The van der Waals surface area contributed by atoms with E-state index < -0.39 is 52.6 Å². The summed E-state index contributed by atoms with van der Waals surface area (Å²) in [5.41, 5.74) is 5.93. The number of hydrogen-bond acceptors (Lipinski definition) is 8. The quantitative estimate of drug-likeness (QED) is 0.173. The summed E-state index contributed by atoms with van der Waals surface area (Å²) < 4.78 is 0. The molecule has 1 heterocycles. The molecule has 0 spiro atoms. The van der Waals surface area contributed by atoms with Crippen molar-refractivity contribution in [1.82, 2.24) is 15.1 Å². The van der Waals surface area contributed by atoms with E-state index >= 15 is 0 Å². The van der Waals surface area contributed by atoms with Crippen LogP contribution in [0.2, 0.25) is 0 Å². The Hall–Kier alpha value is -4.65. The number of nitro benzene ring substituents is 1. The maximum atomic E-state index is 13.6. The second kappa shape index (κ2) is 13.1. The lowest BCUT2D eigenvalue weighted by Gasteiger charge is -2.32. The van der Waals surface area contributed by atoms with Gasteiger partial charge in [-0.05, 0) is 30.4 Å². The summed E-state index contributed by atoms with van der Waals surface area (Å²) in [5.74, 6) is -4.04. The van der Waals surface area contributed by atoms with Crippen molar-refractivity contribution >= 4 is 35.3 Å². The molecule has 1 aliphatic rings. The predicted molar refractivity (Wildman–Crippen MR) is 147 cm³/mol. The Morgan fingerprint density at radius 2 is 1.68 bits per heavy atom. The first kappa shape index (κ1) is 30.9. The van der Waals surface area contributed by atoms with Crippen LogP contribution in [0.5, 0.6) is 0 Å². The minimum absolute atomic E-state index is 0.00849. The van der Waals surface area contributed by atoms with Gasteiger partial charge in [-0.25, -0.2) is 0 Å². The second-order valence-electron chi connectivity index (χ2n) is 10.3. The fourth-order valence-corrected chi connectivity index (χ4v) is 4.75. The molecule has 0 aromatic heterocycles. The van der Waals surface area contributed by atoms with Gasteiger partial charge in [-0.1, -0.05) is 44.2 Å². The van der Waals surface area contributed by atoms with Crippen LogP contribution in [0.1, 0.15) is 53.0 Å². The average Bonchev–Trinajstić information content (AvgIpc) is 3.16. The predicted octanol–water partition coefficient (Wildman–Crippen LogP) is 1.59. The molecule has 13 nitrogen and oxygen atoms in total. The van der Waals surface area contributed by atoms with Gasteiger partial charge < -0.3 is 15.7 Å². The summed E-state index contributed by atoms with van der Waals surface area (Å²) in [7, 11) is 1.43. The number of hydrogen-bond donors (Lipinski definition) is 3. The van der Waals surface area contributed by atoms with Gasteiger partial charge in [0.1, 0.15) is 12.1 Å². The number of benzene rings is 2. The molecule has 3 atom stereocenters. The van der Waals surface area contributed by atoms with Crippen LogP contribution in [-0.4, -0.2) is 81.1 Å². The molecule has 0 saturated heterocycles. The van der Waals surface area contributed by atoms with Crippen molar-refractivity contribution in [3.05, 3.63) is 75.3 Å². The van der Waals surface area contributed by atoms with E-state index in [1.165, 1.54) is 18.0 Å². The standard InChI is InChI=1S/C28H33N5O8/c1-16(2)13-22(27(37)31(3)23(24(29)34)14-17-7-5-4-6-8-17)30-21(28(38)39)11-12-32-25(35)19-10-9-18(33(40)41)15-20(19)26(32)36/h4-10,15-16,21-23,30H,11-14H2,1-3H3,(H2,29,34)(H,38,39)/t21-,22+,23+/m1/s1. The van der Waals surface area contributed by atoms with Crippen LogP contribution in [0.3, 0.4) is 0 Å². The molecule has 0 fully saturated rings. The zero-order chi connectivity index (χ0) is 30.4. The van der Waals surface area contributed by atoms with Gasteiger partial charge >= 0.3 is 5.97 Å². The number of carboxylic acids is 1. The Balaban J connectivity index is 1.76. The molecule has 3 rings (SSSR count). The van der Waals surface area contributed by atoms with Crippen molar-refractivity contribution in [2.45, 2.75) is 51.2 Å². The third kappa shape index (κ3) is 7.31. The topological polar surface area (TPSA) is 193 Å². The Labute approximate surface area is 236 Å². The fourth-order valence-electron chi connectivity index (χ4n) is 4.75. The molecule has 2 aromatic rings. The first-order chi connectivity index (χ1) is 19.3. The number of carbonyl (C=O) groups excluding carboxylic acids is 4. The Morgan fingerprint density at radius 3 is 2.24 bits per heavy atom. The Morgan fingerprint density at radius 1 is 1.05 bits per heavy atom. The van der Waals surface area contributed by atoms with Crippen LogP contribution >= 0.6 is 0 Å². The minimum atomic E-state index is -1.34. The first-order valence-electron chi connectivity index (χ1n) is 13.0. The molecule has 1 aliphatic heterocycles. The molecule has 41 heavy (non-hydrogen) atoms. The number of fused-ring (bicyclic) bond motifs is 1. The van der Waals surface area contributed by atoms with Crippen molar-refractivity contribution in [2.75, 3.05) is 13.6 Å². The highest BCUT2D eigenvalue weighted by molar-refractivity contribution is 6.21. The van der Waals surface area contributed by atoms with Crippen LogP contribution in [0, 0.1) is 16.0 Å². The molecule has 0 aliphatic carbocycles. The van der Waals surface area contributed by atoms with Crippen molar-refractivity contribution in [3.8, 4) is 0 Å². The second-order valence-corrected chi connectivity index (χ2v) is 10.3. The molecule has 4 N–H and O–H groups in total. The number of amides is 4. The maximum absolute atomic E-state index is 13.6. The number of nitrogens with one attached hydrogen (secondary N) is 1. The van der Waals surface area contributed by atoms with Gasteiger partial charge in [0.15, 0.2) is 0 Å². The van der Waals surface area contributed by atoms with Crippen LogP contribution in [0.15, 0.2) is 48.5 Å². The van der Waals surface area contributed by atoms with Crippen LogP contribution in [-0.2, 0) is 20.8 Å². The molecule has 218 valence electrons. The smallest absolute Gasteiger partial charge is 0.320 e. The number of imide groups is 1. The Kier molecular flexibility index (Phi) is 9.90. The van der Waals surface area contributed by atoms with E-state index in [1.807, 2.05) is 19.9 Å². The summed E-state index contributed by atoms with van der Waals surface area (Å²) in [6.07, 6.45) is 0.172. The molecule has 0 radical (unpaired) electrons. The lowest BCUT2D eigenvalue weighted by Crippen LogP contribution is -2.56. The molecule has 2 aromatic carbocycles. The summed E-state index contributed by atoms with van der Waals surface area (Å²) in [6, 6.07) is 9.01. The number of primary amides is 1. The monoisotopic (exact) mass is 567 g/mol. The third-order valence-corrected chi connectivity index (χ3v) is 6.93. The first-order valence-corrected chi connectivity index (χ1v) is 13.0. The van der Waals surface area contributed by atoms with Crippen molar-refractivity contribution in [2.24, 2.45) is 11.7 Å². The number of nitrogens with zero attached hydrogens (tertiary/aromatic N) is 3. The van der Waals surface area contributed by atoms with Crippen molar-refractivity contribution in [1.29, 1.82) is 0 Å². The number of aliphatic carboxylic acids is 1. The number of carbonyl (C=O) groups is 5. The van der Waals surface area contributed by atoms with Crippen molar-refractivity contribution in [3.63, 3.8) is 0 Å². The number of nitrogens with two attached hydrogens (primary N) is 1. The summed E-state index contributed by atoms with van der Waals surface area (Å²) in [5, 5.41) is 23.8. The molecule has 13 heteroatoms. The number of nitro groups is 1. The molecule has 0 bridgehead atoms. The SMILES string of the molecule is CC(C)C[C@H](N[C@H](CCN1C(=O)c2ccc([N+](=O)[O-])cc2C1=O)C(=O)O)C(=O)N(C)[C@@H](Cc1ccccc1)C(N)=O. The fraction of sp³-hybridized carbons (Fsp3) is 0.393. The Bertz CT molecular complexity index is 1350. The van der Waals surface area contributed by atoms with Gasteiger partial charge in [-0.2, -0.15) is 0 Å². The lowest BCUT2D eigenvalue weighted by atomic mass is 9.99. The van der Waals surface area contributed by atoms with E-state index in [2.05, 4.69) is 5.32 Å². The molecule has 4 amide bonds. The van der Waals surface area contributed by atoms with Gasteiger partial charge in [-0.15, -0.1) is 0 Å². The van der Waals surface area contributed by atoms with Gasteiger partial charge in [0.25, 0.3) is 17.5 Å². The zero-order valence-corrected chi connectivity index (χ0v) is 23.0. The van der Waals surface area contributed by atoms with E-state index in [0.29, 0.717) is 0 Å². The van der Waals surface area contributed by atoms with E-state index in [-0.39, 0.29) is 48.5 Å². The zero-order valence-electron chi connectivity index (χ0n) is 23.0. The van der Waals surface area contributed by atoms with Gasteiger partial charge in [0, 0.05) is 32.1 Å². The van der Waals surface area contributed by atoms with E-state index in [4.69, 9.17) is 5.73 Å². The van der Waals surface area contributed by atoms with Crippen LogP contribution in [0.4, 0.5) is 5.69 Å². The number of carboxylic acid groups (broad SMARTS) is 1. The summed E-state index contributed by atoms with van der Waals surface area (Å²) >= 11 is 0. The highest BCUT2D eigenvalue weighted by atomic mass is 16.6. The van der Waals surface area contributed by atoms with Crippen LogP contribution in [0.25, 0.3) is 0 Å². The third-order valence-electron chi connectivity index (χ3n) is 6.93. The average molecular weight is 568 g/mol. The molecular formula is C28H33N5O8. The van der Waals surface area contributed by atoms with Crippen LogP contribution < -0.4 is 11.1 Å². The molecule has 0 unspecified atom stereocenters. The highest BCUT2D eigenvalue weighted by Crippen LogP contribution is 2.27. The maximum Gasteiger partial charge on any atom is 0.320 e. The van der Waals surface area contributed by atoms with E-state index in [0.717, 1.165) is 22.6 Å². The van der Waals surface area contributed by atoms with Crippen molar-refractivity contribution < 1.29 is 34.0 Å². The minimum Gasteiger partial charge on any atom is -0.480 e. The molecule has 0 saturated carbocycles. The van der Waals surface area contributed by atoms with E-state index in [1.54, 1.807) is 24.3 Å². The number of rotatable bonds is 14. The van der Waals surface area contributed by atoms with E-state index in [9.17, 15) is 39.2 Å².